The summed E-state index contributed by atoms with van der Waals surface area (Å²) in [6, 6.07) is 14.2. The standard InChI is InChI=1S/C38H51N3O11/c1-4-46-35(43)31(17-25(2)3)41-34(42)15-13-28-19-30(50-37(45)40-22-27-12-14-32-33(18-27)49-24-48-32)20-38(51-28)16-8-11-29(52-38)23-47-36(44)39-21-26-9-6-5-7-10-26/h5-7,9-10,12,14,18,25,28-31H,4,8,11,13,15-17,19-24H2,1-3H3,(H,39,44)(H,40,45)(H,41,42)/t28?,29?,30?,31-,38?/m0/s1. The maximum absolute atomic E-state index is 13.1. The Labute approximate surface area is 304 Å². The Balaban J connectivity index is 1.19. The number of alkyl carbamates (subject to hydrolysis) is 2. The number of benzene rings is 2. The smallest absolute Gasteiger partial charge is 0.407 e. The molecule has 14 heteroatoms. The van der Waals surface area contributed by atoms with E-state index in [0.717, 1.165) is 17.5 Å². The molecule has 2 aromatic carbocycles. The molecule has 0 aliphatic carbocycles. The third-order valence-electron chi connectivity index (χ3n) is 9.05. The van der Waals surface area contributed by atoms with Crippen molar-refractivity contribution in [2.24, 2.45) is 5.92 Å². The number of esters is 1. The lowest BCUT2D eigenvalue weighted by Gasteiger charge is -2.47. The summed E-state index contributed by atoms with van der Waals surface area (Å²) < 4.78 is 40.4. The van der Waals surface area contributed by atoms with E-state index in [1.165, 1.54) is 0 Å². The first-order valence-electron chi connectivity index (χ1n) is 18.2. The summed E-state index contributed by atoms with van der Waals surface area (Å²) in [4.78, 5) is 51.1. The maximum atomic E-state index is 13.1. The van der Waals surface area contributed by atoms with E-state index in [-0.39, 0.29) is 51.2 Å². The van der Waals surface area contributed by atoms with Gasteiger partial charge in [-0.25, -0.2) is 14.4 Å². The van der Waals surface area contributed by atoms with Crippen molar-refractivity contribution in [3.05, 3.63) is 59.7 Å². The summed E-state index contributed by atoms with van der Waals surface area (Å²) in [6.07, 6.45) is 0.663. The van der Waals surface area contributed by atoms with E-state index in [1.54, 1.807) is 19.1 Å². The molecule has 2 aromatic rings. The third kappa shape index (κ3) is 11.7. The minimum atomic E-state index is -1.11. The van der Waals surface area contributed by atoms with Gasteiger partial charge in [0.05, 0.1) is 18.8 Å². The van der Waals surface area contributed by atoms with E-state index < -0.39 is 48.3 Å². The molecule has 5 atom stereocenters. The van der Waals surface area contributed by atoms with Crippen molar-refractivity contribution in [3.8, 4) is 11.5 Å². The lowest BCUT2D eigenvalue weighted by molar-refractivity contribution is -0.329. The fraction of sp³-hybridized carbons (Fsp3) is 0.579. The number of carbonyl (C=O) groups is 4. The van der Waals surface area contributed by atoms with Crippen LogP contribution in [0.25, 0.3) is 0 Å². The predicted molar refractivity (Wildman–Crippen MR) is 187 cm³/mol. The zero-order valence-electron chi connectivity index (χ0n) is 30.2. The molecule has 0 bridgehead atoms. The van der Waals surface area contributed by atoms with E-state index in [9.17, 15) is 19.2 Å². The topological polar surface area (TPSA) is 169 Å². The number of hydrogen-bond acceptors (Lipinski definition) is 11. The lowest BCUT2D eigenvalue weighted by Crippen LogP contribution is -2.54. The van der Waals surface area contributed by atoms with E-state index in [2.05, 4.69) is 16.0 Å². The SMILES string of the molecule is CCOC(=O)[C@H](CC(C)C)NC(=O)CCC1CC(OC(=O)NCc2ccc3c(c2)OCO3)CC2(CCCC(COC(=O)NCc3ccccc3)O2)O1. The number of ether oxygens (including phenoxy) is 7. The van der Waals surface area contributed by atoms with Crippen LogP contribution in [0, 0.1) is 5.92 Å². The highest BCUT2D eigenvalue weighted by molar-refractivity contribution is 5.84. The van der Waals surface area contributed by atoms with Gasteiger partial charge in [0.1, 0.15) is 18.8 Å². The minimum Gasteiger partial charge on any atom is -0.464 e. The second-order valence-electron chi connectivity index (χ2n) is 13.8. The summed E-state index contributed by atoms with van der Waals surface area (Å²) in [5.74, 6) is -0.446. The van der Waals surface area contributed by atoms with Crippen molar-refractivity contribution >= 4 is 24.1 Å². The van der Waals surface area contributed by atoms with Crippen molar-refractivity contribution in [1.29, 1.82) is 0 Å². The molecule has 2 fully saturated rings. The first kappa shape index (κ1) is 38.7. The molecule has 3 amide bonds. The number of fused-ring (bicyclic) bond motifs is 1. The van der Waals surface area contributed by atoms with Gasteiger partial charge in [0.15, 0.2) is 17.3 Å². The Hall–Kier alpha value is -4.56. The molecule has 5 rings (SSSR count). The van der Waals surface area contributed by atoms with E-state index in [1.807, 2.05) is 50.2 Å². The van der Waals surface area contributed by atoms with Gasteiger partial charge in [0.25, 0.3) is 0 Å². The highest BCUT2D eigenvalue weighted by Crippen LogP contribution is 2.41. The molecule has 3 aliphatic heterocycles. The molecular weight excluding hydrogens is 674 g/mol. The number of hydrogen-bond donors (Lipinski definition) is 3. The summed E-state index contributed by atoms with van der Waals surface area (Å²) in [5, 5.41) is 8.38. The number of rotatable bonds is 15. The predicted octanol–water partition coefficient (Wildman–Crippen LogP) is 5.26. The van der Waals surface area contributed by atoms with Crippen LogP contribution in [-0.2, 0) is 46.4 Å². The lowest BCUT2D eigenvalue weighted by atomic mass is 9.90. The van der Waals surface area contributed by atoms with Crippen molar-refractivity contribution < 1.29 is 52.3 Å². The molecule has 1 spiro atoms. The molecule has 52 heavy (non-hydrogen) atoms. The average molecular weight is 726 g/mol. The van der Waals surface area contributed by atoms with Gasteiger partial charge in [0.2, 0.25) is 12.7 Å². The van der Waals surface area contributed by atoms with Crippen molar-refractivity contribution in [3.63, 3.8) is 0 Å². The fourth-order valence-corrected chi connectivity index (χ4v) is 6.66. The van der Waals surface area contributed by atoms with Gasteiger partial charge in [-0.05, 0) is 61.8 Å². The Kier molecular flexibility index (Phi) is 14.0. The molecule has 14 nitrogen and oxygen atoms in total. The first-order chi connectivity index (χ1) is 25.1. The second kappa shape index (κ2) is 18.8. The molecule has 4 unspecified atom stereocenters. The number of nitrogens with one attached hydrogen (secondary N) is 3. The normalized spacial score (nSPS) is 22.7. The van der Waals surface area contributed by atoms with E-state index >= 15 is 0 Å². The zero-order chi connectivity index (χ0) is 36.9. The molecule has 0 radical (unpaired) electrons. The highest BCUT2D eigenvalue weighted by Gasteiger charge is 2.47. The summed E-state index contributed by atoms with van der Waals surface area (Å²) in [6.45, 7) is 6.61. The first-order valence-corrected chi connectivity index (χ1v) is 18.2. The maximum Gasteiger partial charge on any atom is 0.407 e. The van der Waals surface area contributed by atoms with Gasteiger partial charge in [-0.3, -0.25) is 4.79 Å². The van der Waals surface area contributed by atoms with Gasteiger partial charge in [0, 0.05) is 38.8 Å². The molecular formula is C38H51N3O11. The number of amides is 3. The monoisotopic (exact) mass is 725 g/mol. The van der Waals surface area contributed by atoms with Gasteiger partial charge in [-0.15, -0.1) is 0 Å². The quantitative estimate of drug-likeness (QED) is 0.162. The third-order valence-corrected chi connectivity index (χ3v) is 9.05. The van der Waals surface area contributed by atoms with Crippen LogP contribution in [0.2, 0.25) is 0 Å². The summed E-state index contributed by atoms with van der Waals surface area (Å²) >= 11 is 0. The Morgan fingerprint density at radius 3 is 2.44 bits per heavy atom. The summed E-state index contributed by atoms with van der Waals surface area (Å²) in [5.41, 5.74) is 1.77. The fourth-order valence-electron chi connectivity index (χ4n) is 6.66. The molecule has 3 N–H and O–H groups in total. The van der Waals surface area contributed by atoms with Crippen LogP contribution >= 0.6 is 0 Å². The van der Waals surface area contributed by atoms with Crippen LogP contribution in [0.1, 0.15) is 83.3 Å². The van der Waals surface area contributed by atoms with Crippen LogP contribution in [0.4, 0.5) is 9.59 Å². The van der Waals surface area contributed by atoms with Crippen LogP contribution in [0.5, 0.6) is 11.5 Å². The van der Waals surface area contributed by atoms with E-state index in [4.69, 9.17) is 33.2 Å². The van der Waals surface area contributed by atoms with Gasteiger partial charge in [-0.1, -0.05) is 50.2 Å². The second-order valence-corrected chi connectivity index (χ2v) is 13.8. The Morgan fingerprint density at radius 2 is 1.65 bits per heavy atom. The van der Waals surface area contributed by atoms with Crippen LogP contribution in [0.3, 0.4) is 0 Å². The zero-order valence-corrected chi connectivity index (χ0v) is 30.2. The largest absolute Gasteiger partial charge is 0.464 e. The van der Waals surface area contributed by atoms with Gasteiger partial charge in [-0.2, -0.15) is 0 Å². The van der Waals surface area contributed by atoms with Gasteiger partial charge < -0.3 is 49.1 Å². The molecule has 0 saturated carbocycles. The average Bonchev–Trinajstić information content (AvgIpc) is 3.59. The highest BCUT2D eigenvalue weighted by atomic mass is 16.7. The van der Waals surface area contributed by atoms with Crippen molar-refractivity contribution in [1.82, 2.24) is 16.0 Å². The van der Waals surface area contributed by atoms with Crippen molar-refractivity contribution in [2.45, 2.75) is 115 Å². The van der Waals surface area contributed by atoms with E-state index in [0.29, 0.717) is 50.1 Å². The molecule has 284 valence electrons. The van der Waals surface area contributed by atoms with Crippen molar-refractivity contribution in [2.75, 3.05) is 20.0 Å². The van der Waals surface area contributed by atoms with Crippen LogP contribution in [-0.4, -0.2) is 74.2 Å². The Morgan fingerprint density at radius 1 is 0.904 bits per heavy atom. The summed E-state index contributed by atoms with van der Waals surface area (Å²) in [7, 11) is 0. The van der Waals surface area contributed by atoms with Gasteiger partial charge >= 0.3 is 18.2 Å². The molecule has 3 aliphatic rings. The van der Waals surface area contributed by atoms with Crippen LogP contribution in [0.15, 0.2) is 48.5 Å². The molecule has 0 aromatic heterocycles. The minimum absolute atomic E-state index is 0.0193. The Bertz CT molecular complexity index is 1510. The molecule has 2 saturated heterocycles. The van der Waals surface area contributed by atoms with Crippen LogP contribution < -0.4 is 25.4 Å². The molecule has 3 heterocycles. The number of carbonyl (C=O) groups excluding carboxylic acids is 4.